The molecule has 0 amide bonds. The average molecular weight is 286 g/mol. The van der Waals surface area contributed by atoms with Gasteiger partial charge in [-0.25, -0.2) is 4.98 Å². The summed E-state index contributed by atoms with van der Waals surface area (Å²) >= 11 is 1.84. The number of hydrogen-bond acceptors (Lipinski definition) is 3. The van der Waals surface area contributed by atoms with Crippen LogP contribution in [0.1, 0.15) is 33.1 Å². The van der Waals surface area contributed by atoms with Crippen LogP contribution in [-0.4, -0.2) is 11.5 Å². The third kappa shape index (κ3) is 2.52. The van der Waals surface area contributed by atoms with E-state index in [1.807, 2.05) is 11.3 Å². The van der Waals surface area contributed by atoms with E-state index in [9.17, 15) is 0 Å². The van der Waals surface area contributed by atoms with Gasteiger partial charge in [-0.15, -0.1) is 11.3 Å². The summed E-state index contributed by atoms with van der Waals surface area (Å²) in [6.45, 7) is 5.00. The van der Waals surface area contributed by atoms with Crippen molar-refractivity contribution in [2.24, 2.45) is 11.1 Å². The maximum atomic E-state index is 6.16. The Morgan fingerprint density at radius 3 is 2.65 bits per heavy atom. The third-order valence-corrected chi connectivity index (χ3v) is 5.71. The average Bonchev–Trinajstić information content (AvgIpc) is 2.77. The summed E-state index contributed by atoms with van der Waals surface area (Å²) in [5, 5.41) is 1.25. The van der Waals surface area contributed by atoms with Crippen molar-refractivity contribution < 1.29 is 0 Å². The predicted molar refractivity (Wildman–Crippen MR) is 85.2 cm³/mol. The minimum absolute atomic E-state index is 0.199. The second-order valence-electron chi connectivity index (χ2n) is 6.08. The Bertz CT molecular complexity index is 598. The molecule has 2 N–H and O–H groups in total. The Morgan fingerprint density at radius 1 is 1.25 bits per heavy atom. The van der Waals surface area contributed by atoms with E-state index < -0.39 is 0 Å². The van der Waals surface area contributed by atoms with Gasteiger partial charge in [0.1, 0.15) is 0 Å². The lowest BCUT2D eigenvalue weighted by Crippen LogP contribution is -2.38. The highest BCUT2D eigenvalue weighted by Crippen LogP contribution is 2.38. The van der Waals surface area contributed by atoms with Gasteiger partial charge in [0, 0.05) is 11.3 Å². The predicted octanol–water partition coefficient (Wildman–Crippen LogP) is 3.44. The normalized spacial score (nSPS) is 21.8. The summed E-state index contributed by atoms with van der Waals surface area (Å²) in [5.41, 5.74) is 10.5. The molecular formula is C17H22N2S. The maximum Gasteiger partial charge on any atom is 0.0937 e. The van der Waals surface area contributed by atoms with E-state index in [2.05, 4.69) is 38.1 Å². The fourth-order valence-corrected chi connectivity index (χ4v) is 4.31. The molecule has 0 saturated heterocycles. The van der Waals surface area contributed by atoms with Crippen molar-refractivity contribution in [1.82, 2.24) is 4.98 Å². The number of fused-ring (bicyclic) bond motifs is 1. The van der Waals surface area contributed by atoms with Crippen LogP contribution in [0.4, 0.5) is 0 Å². The highest BCUT2D eigenvalue weighted by atomic mass is 32.1. The smallest absolute Gasteiger partial charge is 0.0937 e. The van der Waals surface area contributed by atoms with Crippen LogP contribution in [0, 0.1) is 19.3 Å². The van der Waals surface area contributed by atoms with Gasteiger partial charge in [0.2, 0.25) is 0 Å². The first kappa shape index (κ1) is 13.8. The minimum Gasteiger partial charge on any atom is -0.330 e. The van der Waals surface area contributed by atoms with E-state index in [1.165, 1.54) is 33.1 Å². The summed E-state index contributed by atoms with van der Waals surface area (Å²) in [7, 11) is 0. The Balaban J connectivity index is 1.86. The van der Waals surface area contributed by atoms with Gasteiger partial charge in [-0.2, -0.15) is 0 Å². The molecule has 0 aliphatic heterocycles. The molecule has 1 heterocycles. The van der Waals surface area contributed by atoms with E-state index in [1.54, 1.807) is 0 Å². The van der Waals surface area contributed by atoms with Crippen molar-refractivity contribution in [3.8, 4) is 0 Å². The molecule has 0 saturated carbocycles. The van der Waals surface area contributed by atoms with Crippen molar-refractivity contribution in [3.05, 3.63) is 51.0 Å². The topological polar surface area (TPSA) is 38.9 Å². The van der Waals surface area contributed by atoms with E-state index in [4.69, 9.17) is 10.7 Å². The summed E-state index contributed by atoms with van der Waals surface area (Å²) in [6.07, 6.45) is 4.45. The Morgan fingerprint density at radius 2 is 2.00 bits per heavy atom. The third-order valence-electron chi connectivity index (χ3n) is 4.64. The molecule has 20 heavy (non-hydrogen) atoms. The van der Waals surface area contributed by atoms with Crippen LogP contribution in [0.25, 0.3) is 0 Å². The van der Waals surface area contributed by atoms with E-state index in [-0.39, 0.29) is 5.41 Å². The molecule has 1 aromatic carbocycles. The minimum atomic E-state index is 0.199. The number of nitrogens with zero attached hydrogens (tertiary/aromatic N) is 1. The molecule has 1 unspecified atom stereocenters. The standard InChI is InChI=1S/C17H22N2S/c1-12-13(2)20-16(19-12)10-17(11-18)8-7-14-5-3-4-6-15(14)9-17/h3-6H,7-11,18H2,1-2H3. The van der Waals surface area contributed by atoms with E-state index in [0.29, 0.717) is 0 Å². The zero-order valence-electron chi connectivity index (χ0n) is 12.3. The zero-order valence-corrected chi connectivity index (χ0v) is 13.1. The van der Waals surface area contributed by atoms with Crippen molar-refractivity contribution in [2.75, 3.05) is 6.54 Å². The van der Waals surface area contributed by atoms with Gasteiger partial charge in [-0.1, -0.05) is 24.3 Å². The number of thiazole rings is 1. The van der Waals surface area contributed by atoms with Gasteiger partial charge < -0.3 is 5.73 Å². The number of aromatic nitrogens is 1. The molecule has 106 valence electrons. The van der Waals surface area contributed by atoms with Gasteiger partial charge in [-0.3, -0.25) is 0 Å². The van der Waals surface area contributed by atoms with Crippen LogP contribution < -0.4 is 5.73 Å². The quantitative estimate of drug-likeness (QED) is 0.938. The first-order valence-electron chi connectivity index (χ1n) is 7.32. The molecular weight excluding hydrogens is 264 g/mol. The lowest BCUT2D eigenvalue weighted by Gasteiger charge is -2.37. The molecule has 2 nitrogen and oxygen atoms in total. The van der Waals surface area contributed by atoms with E-state index >= 15 is 0 Å². The van der Waals surface area contributed by atoms with Crippen LogP contribution >= 0.6 is 11.3 Å². The Kier molecular flexibility index (Phi) is 3.65. The molecule has 0 radical (unpaired) electrons. The highest BCUT2D eigenvalue weighted by Gasteiger charge is 2.34. The number of rotatable bonds is 3. The molecule has 0 fully saturated rings. The molecule has 2 aromatic rings. The first-order valence-corrected chi connectivity index (χ1v) is 8.13. The van der Waals surface area contributed by atoms with Gasteiger partial charge in [-0.05, 0) is 56.2 Å². The highest BCUT2D eigenvalue weighted by molar-refractivity contribution is 7.11. The number of benzene rings is 1. The molecule has 1 aromatic heterocycles. The molecule has 1 aliphatic rings. The van der Waals surface area contributed by atoms with Crippen LogP contribution in [0.15, 0.2) is 24.3 Å². The molecule has 1 atom stereocenters. The second kappa shape index (κ2) is 5.30. The molecule has 0 spiro atoms. The number of nitrogens with two attached hydrogens (primary N) is 1. The maximum absolute atomic E-state index is 6.16. The summed E-state index contributed by atoms with van der Waals surface area (Å²) < 4.78 is 0. The molecule has 3 heteroatoms. The van der Waals surface area contributed by atoms with Crippen molar-refractivity contribution in [1.29, 1.82) is 0 Å². The van der Waals surface area contributed by atoms with Crippen molar-refractivity contribution >= 4 is 11.3 Å². The van der Waals surface area contributed by atoms with Gasteiger partial charge in [0.25, 0.3) is 0 Å². The summed E-state index contributed by atoms with van der Waals surface area (Å²) in [4.78, 5) is 6.05. The Hall–Kier alpha value is -1.19. The number of aryl methyl sites for hydroxylation is 3. The lowest BCUT2D eigenvalue weighted by molar-refractivity contribution is 0.253. The zero-order chi connectivity index (χ0) is 14.2. The molecule has 1 aliphatic carbocycles. The fraction of sp³-hybridized carbons (Fsp3) is 0.471. The Labute approximate surface area is 125 Å². The van der Waals surface area contributed by atoms with Crippen LogP contribution in [-0.2, 0) is 19.3 Å². The van der Waals surface area contributed by atoms with Crippen molar-refractivity contribution in [2.45, 2.75) is 39.5 Å². The van der Waals surface area contributed by atoms with Gasteiger partial charge in [0.15, 0.2) is 0 Å². The molecule has 3 rings (SSSR count). The first-order chi connectivity index (χ1) is 9.62. The SMILES string of the molecule is Cc1nc(CC2(CN)CCc3ccccc3C2)sc1C. The van der Waals surface area contributed by atoms with Crippen LogP contribution in [0.5, 0.6) is 0 Å². The summed E-state index contributed by atoms with van der Waals surface area (Å²) in [5.74, 6) is 0. The largest absolute Gasteiger partial charge is 0.330 e. The lowest BCUT2D eigenvalue weighted by atomic mass is 9.70. The van der Waals surface area contributed by atoms with Crippen LogP contribution in [0.3, 0.4) is 0 Å². The fourth-order valence-electron chi connectivity index (χ4n) is 3.20. The van der Waals surface area contributed by atoms with Gasteiger partial charge >= 0.3 is 0 Å². The summed E-state index contributed by atoms with van der Waals surface area (Å²) in [6, 6.07) is 8.80. The van der Waals surface area contributed by atoms with E-state index in [0.717, 1.165) is 25.8 Å². The molecule has 0 bridgehead atoms. The number of hydrogen-bond donors (Lipinski definition) is 1. The van der Waals surface area contributed by atoms with Gasteiger partial charge in [0.05, 0.1) is 10.7 Å². The van der Waals surface area contributed by atoms with Crippen LogP contribution in [0.2, 0.25) is 0 Å². The van der Waals surface area contributed by atoms with Crippen molar-refractivity contribution in [3.63, 3.8) is 0 Å². The second-order valence-corrected chi connectivity index (χ2v) is 7.36. The monoisotopic (exact) mass is 286 g/mol.